The summed E-state index contributed by atoms with van der Waals surface area (Å²) in [4.78, 5) is 28.4. The predicted octanol–water partition coefficient (Wildman–Crippen LogP) is 5.09. The van der Waals surface area contributed by atoms with E-state index in [2.05, 4.69) is 5.32 Å². The predicted molar refractivity (Wildman–Crippen MR) is 127 cm³/mol. The maximum Gasteiger partial charge on any atom is 0.323 e. The first-order chi connectivity index (χ1) is 16.8. The summed E-state index contributed by atoms with van der Waals surface area (Å²) in [6.45, 7) is 0.0485. The van der Waals surface area contributed by atoms with Gasteiger partial charge in [-0.15, -0.1) is 11.8 Å². The summed E-state index contributed by atoms with van der Waals surface area (Å²) in [5.74, 6) is -1.52. The van der Waals surface area contributed by atoms with Crippen LogP contribution in [0.15, 0.2) is 60.7 Å². The quantitative estimate of drug-likeness (QED) is 0.543. The summed E-state index contributed by atoms with van der Waals surface area (Å²) in [7, 11) is 1.53. The molecule has 35 heavy (non-hydrogen) atoms. The molecule has 5 rings (SSSR count). The van der Waals surface area contributed by atoms with E-state index >= 15 is 0 Å². The third-order valence-electron chi connectivity index (χ3n) is 6.09. The van der Waals surface area contributed by atoms with Gasteiger partial charge in [-0.2, -0.15) is 0 Å². The van der Waals surface area contributed by atoms with Crippen LogP contribution >= 0.6 is 11.8 Å². The summed E-state index contributed by atoms with van der Waals surface area (Å²) < 4.78 is 47.3. The van der Waals surface area contributed by atoms with Crippen LogP contribution in [0, 0.1) is 17.5 Å². The molecule has 2 heterocycles. The number of urea groups is 1. The molecule has 1 saturated heterocycles. The Morgan fingerprint density at radius 3 is 2.49 bits per heavy atom. The largest absolute Gasteiger partial charge is 0.497 e. The SMILES string of the molecule is COc1ccc(NC(=O)N2CCSC23C(=O)N(Cc2ccc(F)cc2F)c2ccc(F)cc23)cc1. The van der Waals surface area contributed by atoms with Crippen molar-refractivity contribution in [3.63, 3.8) is 0 Å². The standard InChI is InChI=1S/C25H20F3N3O3S/c1-34-19-7-5-18(6-8-19)29-24(33)31-10-11-35-25(31)20-12-16(26)4-9-22(20)30(23(25)32)14-15-2-3-17(27)13-21(15)28/h2-9,12-13H,10-11,14H2,1H3,(H,29,33). The number of nitrogens with zero attached hydrogens (tertiary/aromatic N) is 2. The first-order valence-electron chi connectivity index (χ1n) is 10.8. The minimum absolute atomic E-state index is 0.101. The van der Waals surface area contributed by atoms with Crippen LogP contribution in [0.25, 0.3) is 0 Å². The Morgan fingerprint density at radius 2 is 1.77 bits per heavy atom. The second-order valence-corrected chi connectivity index (χ2v) is 9.38. The van der Waals surface area contributed by atoms with Crippen molar-refractivity contribution in [1.29, 1.82) is 0 Å². The van der Waals surface area contributed by atoms with Crippen LogP contribution in [0.2, 0.25) is 0 Å². The van der Waals surface area contributed by atoms with E-state index in [1.807, 2.05) is 0 Å². The fourth-order valence-electron chi connectivity index (χ4n) is 4.43. The van der Waals surface area contributed by atoms with E-state index in [0.29, 0.717) is 28.4 Å². The van der Waals surface area contributed by atoms with Gasteiger partial charge in [-0.05, 0) is 48.5 Å². The number of rotatable bonds is 4. The van der Waals surface area contributed by atoms with Gasteiger partial charge in [0.1, 0.15) is 23.2 Å². The molecule has 3 aromatic rings. The molecule has 0 saturated carbocycles. The first-order valence-corrected chi connectivity index (χ1v) is 11.7. The van der Waals surface area contributed by atoms with E-state index in [9.17, 15) is 22.8 Å². The number of carbonyl (C=O) groups is 2. The van der Waals surface area contributed by atoms with Crippen molar-refractivity contribution in [3.8, 4) is 5.75 Å². The average molecular weight is 500 g/mol. The molecule has 180 valence electrons. The number of hydrogen-bond acceptors (Lipinski definition) is 4. The maximum atomic E-state index is 14.4. The summed E-state index contributed by atoms with van der Waals surface area (Å²) in [5.41, 5.74) is 1.29. The molecule has 0 aromatic heterocycles. The molecule has 1 atom stereocenters. The third-order valence-corrected chi connectivity index (χ3v) is 7.50. The van der Waals surface area contributed by atoms with Gasteiger partial charge in [0.15, 0.2) is 4.87 Å². The van der Waals surface area contributed by atoms with E-state index in [0.717, 1.165) is 12.1 Å². The molecule has 0 radical (unpaired) electrons. The molecule has 1 spiro atoms. The molecule has 1 N–H and O–H groups in total. The number of benzene rings is 3. The monoisotopic (exact) mass is 499 g/mol. The Bertz CT molecular complexity index is 1320. The number of anilines is 2. The zero-order valence-electron chi connectivity index (χ0n) is 18.6. The Morgan fingerprint density at radius 1 is 1.06 bits per heavy atom. The maximum absolute atomic E-state index is 14.4. The average Bonchev–Trinajstić information content (AvgIpc) is 3.38. The smallest absolute Gasteiger partial charge is 0.323 e. The Labute approximate surface area is 203 Å². The van der Waals surface area contributed by atoms with Gasteiger partial charge in [-0.25, -0.2) is 18.0 Å². The summed E-state index contributed by atoms with van der Waals surface area (Å²) in [6.07, 6.45) is 0. The highest BCUT2D eigenvalue weighted by Crippen LogP contribution is 2.54. The minimum Gasteiger partial charge on any atom is -0.497 e. The number of ether oxygens (including phenoxy) is 1. The van der Waals surface area contributed by atoms with Gasteiger partial charge in [-0.3, -0.25) is 9.69 Å². The van der Waals surface area contributed by atoms with Crippen LogP contribution in [0.3, 0.4) is 0 Å². The van der Waals surface area contributed by atoms with Crippen LogP contribution < -0.4 is 15.0 Å². The molecule has 0 aliphatic carbocycles. The number of nitrogens with one attached hydrogen (secondary N) is 1. The van der Waals surface area contributed by atoms with Crippen LogP contribution in [0.5, 0.6) is 5.75 Å². The number of hydrogen-bond donors (Lipinski definition) is 1. The highest BCUT2D eigenvalue weighted by Gasteiger charge is 2.59. The lowest BCUT2D eigenvalue weighted by atomic mass is 10.1. The zero-order valence-corrected chi connectivity index (χ0v) is 19.4. The number of carbonyl (C=O) groups excluding carboxylic acids is 2. The van der Waals surface area contributed by atoms with E-state index in [1.165, 1.54) is 52.9 Å². The molecule has 2 aliphatic heterocycles. The van der Waals surface area contributed by atoms with E-state index in [-0.39, 0.29) is 18.7 Å². The van der Waals surface area contributed by atoms with Crippen LogP contribution in [0.1, 0.15) is 11.1 Å². The Hall–Kier alpha value is -3.66. The molecule has 6 nitrogen and oxygen atoms in total. The van der Waals surface area contributed by atoms with E-state index < -0.39 is 34.3 Å². The van der Waals surface area contributed by atoms with Crippen molar-refractivity contribution in [2.24, 2.45) is 0 Å². The molecule has 2 aliphatic rings. The van der Waals surface area contributed by atoms with Gasteiger partial charge < -0.3 is 15.0 Å². The number of thioether (sulfide) groups is 1. The summed E-state index contributed by atoms with van der Waals surface area (Å²) >= 11 is 1.22. The van der Waals surface area contributed by atoms with E-state index in [4.69, 9.17) is 4.74 Å². The Balaban J connectivity index is 1.51. The lowest BCUT2D eigenvalue weighted by Gasteiger charge is -2.33. The molecule has 0 bridgehead atoms. The van der Waals surface area contributed by atoms with E-state index in [1.54, 1.807) is 24.3 Å². The van der Waals surface area contributed by atoms with Crippen molar-refractivity contribution < 1.29 is 27.5 Å². The fourth-order valence-corrected chi connectivity index (χ4v) is 5.88. The van der Waals surface area contributed by atoms with Gasteiger partial charge in [0.2, 0.25) is 0 Å². The Kier molecular flexibility index (Phi) is 5.84. The first kappa shape index (κ1) is 23.1. The van der Waals surface area contributed by atoms with Crippen molar-refractivity contribution in [2.75, 3.05) is 29.6 Å². The normalized spacial score (nSPS) is 18.8. The van der Waals surface area contributed by atoms with Crippen LogP contribution in [0.4, 0.5) is 29.3 Å². The minimum atomic E-state index is -1.51. The van der Waals surface area contributed by atoms with Gasteiger partial charge in [0.25, 0.3) is 5.91 Å². The van der Waals surface area contributed by atoms with Gasteiger partial charge in [-0.1, -0.05) is 6.07 Å². The van der Waals surface area contributed by atoms with Crippen molar-refractivity contribution >= 4 is 35.1 Å². The highest BCUT2D eigenvalue weighted by molar-refractivity contribution is 8.01. The second-order valence-electron chi connectivity index (χ2n) is 8.09. The molecular formula is C25H20F3N3O3S. The van der Waals surface area contributed by atoms with Crippen LogP contribution in [-0.2, 0) is 16.2 Å². The fraction of sp³-hybridized carbons (Fsp3) is 0.200. The number of halogens is 3. The second kappa shape index (κ2) is 8.84. The summed E-state index contributed by atoms with van der Waals surface area (Å²) in [5, 5.41) is 2.78. The van der Waals surface area contributed by atoms with Crippen LogP contribution in [-0.4, -0.2) is 36.2 Å². The summed E-state index contributed by atoms with van der Waals surface area (Å²) in [6, 6.07) is 13.2. The van der Waals surface area contributed by atoms with Gasteiger partial charge >= 0.3 is 6.03 Å². The number of methoxy groups -OCH3 is 1. The molecule has 3 amide bonds. The van der Waals surface area contributed by atoms with Gasteiger partial charge in [0.05, 0.1) is 19.3 Å². The lowest BCUT2D eigenvalue weighted by molar-refractivity contribution is -0.123. The van der Waals surface area contributed by atoms with Crippen molar-refractivity contribution in [2.45, 2.75) is 11.4 Å². The molecule has 10 heteroatoms. The molecule has 1 unspecified atom stereocenters. The molecular weight excluding hydrogens is 479 g/mol. The van der Waals surface area contributed by atoms with Crippen molar-refractivity contribution in [1.82, 2.24) is 4.90 Å². The number of amides is 3. The third kappa shape index (κ3) is 3.87. The zero-order chi connectivity index (χ0) is 24.7. The number of fused-ring (bicyclic) bond motifs is 2. The van der Waals surface area contributed by atoms with Crippen molar-refractivity contribution in [3.05, 3.63) is 89.2 Å². The van der Waals surface area contributed by atoms with Gasteiger partial charge in [0, 0.05) is 35.2 Å². The topological polar surface area (TPSA) is 61.9 Å². The highest BCUT2D eigenvalue weighted by atomic mass is 32.2. The molecule has 1 fully saturated rings. The molecule has 3 aromatic carbocycles. The lowest BCUT2D eigenvalue weighted by Crippen LogP contribution is -2.51.